The molecule has 0 saturated carbocycles. The van der Waals surface area contributed by atoms with Gasteiger partial charge in [-0.05, 0) is 49.0 Å². The molecular weight excluding hydrogens is 348 g/mol. The number of rotatable bonds is 6. The standard InChI is InChI=1S/C19H24N4O2S/c1-20-18-11-19(21-2,22-3)23-17-8-7-15(10-16(17)18)14-6-4-5-13(9-14)12-26(24)25/h4-11,20-23H,12H2,1-3H3,(H,24,25). The second-order valence-corrected chi connectivity index (χ2v) is 7.10. The normalized spacial score (nSPS) is 16.2. The van der Waals surface area contributed by atoms with Crippen LogP contribution in [0.25, 0.3) is 16.8 Å². The van der Waals surface area contributed by atoms with Gasteiger partial charge in [-0.25, -0.2) is 4.21 Å². The number of fused-ring (bicyclic) bond motifs is 1. The van der Waals surface area contributed by atoms with Gasteiger partial charge in [0.15, 0.2) is 16.9 Å². The third-order valence-corrected chi connectivity index (χ3v) is 5.19. The van der Waals surface area contributed by atoms with Crippen LogP contribution in [0, 0.1) is 0 Å². The van der Waals surface area contributed by atoms with Gasteiger partial charge in [0.2, 0.25) is 0 Å². The molecule has 7 heteroatoms. The highest BCUT2D eigenvalue weighted by molar-refractivity contribution is 7.78. The average molecular weight is 372 g/mol. The fourth-order valence-corrected chi connectivity index (χ4v) is 3.65. The predicted molar refractivity (Wildman–Crippen MR) is 108 cm³/mol. The van der Waals surface area contributed by atoms with Crippen molar-refractivity contribution in [1.82, 2.24) is 16.0 Å². The summed E-state index contributed by atoms with van der Waals surface area (Å²) in [5.74, 6) is -0.382. The maximum absolute atomic E-state index is 11.1. The van der Waals surface area contributed by atoms with Crippen LogP contribution < -0.4 is 21.3 Å². The van der Waals surface area contributed by atoms with E-state index >= 15 is 0 Å². The van der Waals surface area contributed by atoms with Crippen LogP contribution in [-0.4, -0.2) is 35.7 Å². The molecule has 0 radical (unpaired) electrons. The van der Waals surface area contributed by atoms with Gasteiger partial charge in [0.1, 0.15) is 0 Å². The highest BCUT2D eigenvalue weighted by atomic mass is 32.2. The first-order valence-electron chi connectivity index (χ1n) is 8.38. The Morgan fingerprint density at radius 1 is 1.08 bits per heavy atom. The van der Waals surface area contributed by atoms with Gasteiger partial charge < -0.3 is 15.2 Å². The summed E-state index contributed by atoms with van der Waals surface area (Å²) in [5.41, 5.74) is 6.01. The monoisotopic (exact) mass is 372 g/mol. The minimum absolute atomic E-state index is 0.134. The van der Waals surface area contributed by atoms with Crippen LogP contribution in [-0.2, 0) is 16.8 Å². The van der Waals surface area contributed by atoms with E-state index in [4.69, 9.17) is 4.55 Å². The minimum Gasteiger partial charge on any atom is -0.388 e. The molecule has 6 nitrogen and oxygen atoms in total. The fourth-order valence-electron chi connectivity index (χ4n) is 3.18. The second-order valence-electron chi connectivity index (χ2n) is 6.17. The van der Waals surface area contributed by atoms with E-state index in [2.05, 4.69) is 45.5 Å². The topological polar surface area (TPSA) is 85.4 Å². The number of hydrogen-bond acceptors (Lipinski definition) is 5. The molecule has 0 aromatic heterocycles. The van der Waals surface area contributed by atoms with Crippen molar-refractivity contribution in [1.29, 1.82) is 0 Å². The van der Waals surface area contributed by atoms with E-state index in [1.54, 1.807) is 0 Å². The lowest BCUT2D eigenvalue weighted by molar-refractivity contribution is 0.424. The molecule has 26 heavy (non-hydrogen) atoms. The summed E-state index contributed by atoms with van der Waals surface area (Å²) in [6.07, 6.45) is 2.07. The predicted octanol–water partition coefficient (Wildman–Crippen LogP) is 2.15. The van der Waals surface area contributed by atoms with Crippen LogP contribution in [0.2, 0.25) is 0 Å². The van der Waals surface area contributed by atoms with Gasteiger partial charge in [0.25, 0.3) is 0 Å². The van der Waals surface area contributed by atoms with Crippen LogP contribution in [0.15, 0.2) is 48.5 Å². The molecule has 5 N–H and O–H groups in total. The molecule has 0 aliphatic carbocycles. The zero-order valence-electron chi connectivity index (χ0n) is 15.1. The maximum atomic E-state index is 11.1. The van der Waals surface area contributed by atoms with Crippen LogP contribution in [0.5, 0.6) is 0 Å². The Hall–Kier alpha value is -2.19. The van der Waals surface area contributed by atoms with Gasteiger partial charge in [0.05, 0.1) is 5.75 Å². The third kappa shape index (κ3) is 3.66. The summed E-state index contributed by atoms with van der Waals surface area (Å²) >= 11 is -1.84. The summed E-state index contributed by atoms with van der Waals surface area (Å²) < 4.78 is 20.2. The van der Waals surface area contributed by atoms with Crippen molar-refractivity contribution >= 4 is 22.5 Å². The van der Waals surface area contributed by atoms with E-state index in [1.807, 2.05) is 45.4 Å². The van der Waals surface area contributed by atoms with Crippen LogP contribution >= 0.6 is 0 Å². The van der Waals surface area contributed by atoms with Crippen LogP contribution in [0.3, 0.4) is 0 Å². The van der Waals surface area contributed by atoms with E-state index < -0.39 is 16.9 Å². The molecule has 1 aliphatic rings. The summed E-state index contributed by atoms with van der Waals surface area (Å²) in [4.78, 5) is 0. The Bertz CT molecular complexity index is 862. The van der Waals surface area contributed by atoms with Crippen LogP contribution in [0.1, 0.15) is 11.1 Å². The van der Waals surface area contributed by atoms with Gasteiger partial charge in [0, 0.05) is 24.0 Å². The van der Waals surface area contributed by atoms with E-state index in [0.29, 0.717) is 0 Å². The molecule has 2 aromatic rings. The molecule has 2 aromatic carbocycles. The first-order valence-corrected chi connectivity index (χ1v) is 9.65. The van der Waals surface area contributed by atoms with E-state index in [-0.39, 0.29) is 5.75 Å². The molecule has 1 aliphatic heterocycles. The minimum atomic E-state index is -1.84. The number of hydrogen-bond donors (Lipinski definition) is 5. The molecule has 3 rings (SSSR count). The highest BCUT2D eigenvalue weighted by Gasteiger charge is 2.30. The quantitative estimate of drug-likeness (QED) is 0.395. The van der Waals surface area contributed by atoms with Crippen molar-refractivity contribution in [2.45, 2.75) is 11.5 Å². The summed E-state index contributed by atoms with van der Waals surface area (Å²) in [6.45, 7) is 0. The smallest absolute Gasteiger partial charge is 0.165 e. The SMILES string of the molecule is CNC1=CC(NC)(NC)Nc2ccc(-c3cccc(CS(=O)O)c3)cc21. The zero-order valence-corrected chi connectivity index (χ0v) is 15.9. The highest BCUT2D eigenvalue weighted by Crippen LogP contribution is 2.34. The van der Waals surface area contributed by atoms with Crippen molar-refractivity contribution in [3.8, 4) is 11.1 Å². The Morgan fingerprint density at radius 2 is 1.81 bits per heavy atom. The lowest BCUT2D eigenvalue weighted by atomic mass is 9.96. The first kappa shape index (κ1) is 18.6. The Balaban J connectivity index is 2.02. The number of nitrogens with one attached hydrogen (secondary N) is 4. The molecule has 0 fully saturated rings. The third-order valence-electron chi connectivity index (χ3n) is 4.61. The molecule has 0 saturated heterocycles. The average Bonchev–Trinajstić information content (AvgIpc) is 2.66. The number of benzene rings is 2. The first-order chi connectivity index (χ1) is 12.5. The van der Waals surface area contributed by atoms with Crippen LogP contribution in [0.4, 0.5) is 5.69 Å². The van der Waals surface area contributed by atoms with Crippen molar-refractivity contribution < 1.29 is 8.76 Å². The lowest BCUT2D eigenvalue weighted by Crippen LogP contribution is -2.60. The molecule has 1 heterocycles. The van der Waals surface area contributed by atoms with E-state index in [9.17, 15) is 4.21 Å². The maximum Gasteiger partial charge on any atom is 0.165 e. The fraction of sp³-hybridized carbons (Fsp3) is 0.263. The Labute approximate surface area is 156 Å². The van der Waals surface area contributed by atoms with Gasteiger partial charge >= 0.3 is 0 Å². The second kappa shape index (κ2) is 7.59. The Kier molecular flexibility index (Phi) is 5.43. The van der Waals surface area contributed by atoms with Crippen molar-refractivity contribution in [2.75, 3.05) is 26.5 Å². The molecular formula is C19H24N4O2S. The Morgan fingerprint density at radius 3 is 2.46 bits per heavy atom. The summed E-state index contributed by atoms with van der Waals surface area (Å²) in [6, 6.07) is 14.0. The van der Waals surface area contributed by atoms with E-state index in [1.165, 1.54) is 0 Å². The number of anilines is 1. The molecule has 0 spiro atoms. The van der Waals surface area contributed by atoms with E-state index in [0.717, 1.165) is 33.6 Å². The molecule has 1 unspecified atom stereocenters. The van der Waals surface area contributed by atoms with Crippen molar-refractivity contribution in [2.24, 2.45) is 0 Å². The zero-order chi connectivity index (χ0) is 18.7. The van der Waals surface area contributed by atoms with Crippen molar-refractivity contribution in [3.63, 3.8) is 0 Å². The lowest BCUT2D eigenvalue weighted by Gasteiger charge is -2.37. The summed E-state index contributed by atoms with van der Waals surface area (Å²) in [5, 5.41) is 13.3. The largest absolute Gasteiger partial charge is 0.388 e. The van der Waals surface area contributed by atoms with Gasteiger partial charge in [-0.3, -0.25) is 10.6 Å². The van der Waals surface area contributed by atoms with Crippen molar-refractivity contribution in [3.05, 3.63) is 59.7 Å². The van der Waals surface area contributed by atoms with Gasteiger partial charge in [-0.1, -0.05) is 30.3 Å². The molecule has 138 valence electrons. The molecule has 0 amide bonds. The van der Waals surface area contributed by atoms with Gasteiger partial charge in [-0.15, -0.1) is 0 Å². The molecule has 0 bridgehead atoms. The molecule has 1 atom stereocenters. The summed E-state index contributed by atoms with van der Waals surface area (Å²) in [7, 11) is 5.69. The number of likely N-dealkylation sites (N-methyl/N-ethyl adjacent to an activating group) is 2. The van der Waals surface area contributed by atoms with Gasteiger partial charge in [-0.2, -0.15) is 0 Å².